The largest absolute Gasteiger partial charge is 0.399 e. The van der Waals surface area contributed by atoms with Gasteiger partial charge in [0.25, 0.3) is 10.1 Å². The summed E-state index contributed by atoms with van der Waals surface area (Å²) in [6.45, 7) is 1.84. The van der Waals surface area contributed by atoms with Gasteiger partial charge in [-0.25, -0.2) is 0 Å². The minimum Gasteiger partial charge on any atom is -0.399 e. The highest BCUT2D eigenvalue weighted by Gasteiger charge is 2.24. The van der Waals surface area contributed by atoms with Crippen molar-refractivity contribution in [2.45, 2.75) is 25.0 Å². The maximum absolute atomic E-state index is 11.2. The Morgan fingerprint density at radius 1 is 1.25 bits per heavy atom. The Labute approximate surface area is 95.2 Å². The second-order valence-corrected chi connectivity index (χ2v) is 5.32. The minimum atomic E-state index is -4.12. The summed E-state index contributed by atoms with van der Waals surface area (Å²) in [5.74, 6) is 0. The van der Waals surface area contributed by atoms with Crippen molar-refractivity contribution in [3.8, 4) is 0 Å². The van der Waals surface area contributed by atoms with Crippen LogP contribution in [0.5, 0.6) is 0 Å². The third kappa shape index (κ3) is 3.11. The van der Waals surface area contributed by atoms with Gasteiger partial charge in [-0.1, -0.05) is 13.3 Å². The van der Waals surface area contributed by atoms with E-state index in [1.54, 1.807) is 0 Å². The Morgan fingerprint density at radius 3 is 2.12 bits per heavy atom. The predicted octanol–water partition coefficient (Wildman–Crippen LogP) is 1.58. The fraction of sp³-hybridized carbons (Fsp3) is 0.400. The maximum Gasteiger partial charge on any atom is 0.271 e. The Bertz CT molecular complexity index is 451. The van der Waals surface area contributed by atoms with Gasteiger partial charge in [-0.2, -0.15) is 8.42 Å². The van der Waals surface area contributed by atoms with Crippen LogP contribution in [0.3, 0.4) is 0 Å². The zero-order chi connectivity index (χ0) is 12.3. The van der Waals surface area contributed by atoms with Crippen LogP contribution < -0.4 is 11.5 Å². The van der Waals surface area contributed by atoms with Crippen LogP contribution in [0.4, 0.5) is 11.4 Å². The molecule has 0 fully saturated rings. The highest BCUT2D eigenvalue weighted by atomic mass is 32.2. The van der Waals surface area contributed by atoms with Gasteiger partial charge in [-0.3, -0.25) is 4.55 Å². The summed E-state index contributed by atoms with van der Waals surface area (Å²) in [6, 6.07) is 4.57. The van der Waals surface area contributed by atoms with Crippen LogP contribution in [0.15, 0.2) is 18.2 Å². The summed E-state index contributed by atoms with van der Waals surface area (Å²) < 4.78 is 31.6. The summed E-state index contributed by atoms with van der Waals surface area (Å²) in [5.41, 5.74) is 12.4. The molecule has 1 atom stereocenters. The van der Waals surface area contributed by atoms with Crippen LogP contribution in [-0.2, 0) is 10.1 Å². The lowest BCUT2D eigenvalue weighted by Gasteiger charge is -2.14. The molecule has 16 heavy (non-hydrogen) atoms. The van der Waals surface area contributed by atoms with Crippen LogP contribution in [0.1, 0.15) is 30.6 Å². The summed E-state index contributed by atoms with van der Waals surface area (Å²) in [4.78, 5) is 0. The first-order chi connectivity index (χ1) is 7.34. The Morgan fingerprint density at radius 2 is 1.75 bits per heavy atom. The van der Waals surface area contributed by atoms with Gasteiger partial charge in [0.2, 0.25) is 0 Å². The van der Waals surface area contributed by atoms with E-state index >= 15 is 0 Å². The molecule has 6 heteroatoms. The zero-order valence-electron chi connectivity index (χ0n) is 9.05. The molecular weight excluding hydrogens is 228 g/mol. The molecule has 0 aromatic heterocycles. The lowest BCUT2D eigenvalue weighted by Crippen LogP contribution is -2.12. The average molecular weight is 244 g/mol. The molecule has 0 heterocycles. The quantitative estimate of drug-likeness (QED) is 0.550. The first-order valence-corrected chi connectivity index (χ1v) is 6.47. The molecule has 5 N–H and O–H groups in total. The van der Waals surface area contributed by atoms with Crippen molar-refractivity contribution in [3.05, 3.63) is 23.8 Å². The van der Waals surface area contributed by atoms with Crippen molar-refractivity contribution in [2.75, 3.05) is 11.5 Å². The van der Waals surface area contributed by atoms with Crippen LogP contribution in [0.25, 0.3) is 0 Å². The van der Waals surface area contributed by atoms with Gasteiger partial charge in [-0.05, 0) is 30.2 Å². The van der Waals surface area contributed by atoms with E-state index in [1.807, 2.05) is 6.92 Å². The molecule has 0 aliphatic carbocycles. The van der Waals surface area contributed by atoms with E-state index in [1.165, 1.54) is 18.2 Å². The van der Waals surface area contributed by atoms with E-state index in [4.69, 9.17) is 16.0 Å². The van der Waals surface area contributed by atoms with Crippen LogP contribution in [0.2, 0.25) is 0 Å². The number of anilines is 2. The van der Waals surface area contributed by atoms with Gasteiger partial charge >= 0.3 is 0 Å². The van der Waals surface area contributed by atoms with Gasteiger partial charge in [0.1, 0.15) is 5.25 Å². The first-order valence-electron chi connectivity index (χ1n) is 4.97. The summed E-state index contributed by atoms with van der Waals surface area (Å²) in [7, 11) is -4.12. The standard InChI is InChI=1S/C10H16N2O3S/c1-2-3-10(16(13,14)15)7-4-8(11)6-9(12)5-7/h4-6,10H,2-3,11-12H2,1H3,(H,13,14,15). The smallest absolute Gasteiger partial charge is 0.271 e. The van der Waals surface area contributed by atoms with Crippen molar-refractivity contribution >= 4 is 21.5 Å². The second kappa shape index (κ2) is 4.71. The third-order valence-corrected chi connectivity index (χ3v) is 3.51. The van der Waals surface area contributed by atoms with E-state index in [0.717, 1.165) is 0 Å². The summed E-state index contributed by atoms with van der Waals surface area (Å²) >= 11 is 0. The van der Waals surface area contributed by atoms with Crippen LogP contribution in [0, 0.1) is 0 Å². The van der Waals surface area contributed by atoms with Gasteiger partial charge in [0.05, 0.1) is 0 Å². The van der Waals surface area contributed by atoms with Crippen molar-refractivity contribution < 1.29 is 13.0 Å². The molecular formula is C10H16N2O3S. The van der Waals surface area contributed by atoms with Crippen molar-refractivity contribution in [1.29, 1.82) is 0 Å². The average Bonchev–Trinajstić information content (AvgIpc) is 2.10. The molecule has 1 aromatic carbocycles. The maximum atomic E-state index is 11.2. The minimum absolute atomic E-state index is 0.335. The predicted molar refractivity (Wildman–Crippen MR) is 64.5 cm³/mol. The molecule has 0 saturated carbocycles. The van der Waals surface area contributed by atoms with Crippen molar-refractivity contribution in [2.24, 2.45) is 0 Å². The number of hydrogen-bond acceptors (Lipinski definition) is 4. The third-order valence-electron chi connectivity index (χ3n) is 2.28. The van der Waals surface area contributed by atoms with Gasteiger partial charge in [-0.15, -0.1) is 0 Å². The summed E-state index contributed by atoms with van der Waals surface area (Å²) in [6.07, 6.45) is 0.973. The SMILES string of the molecule is CCCC(c1cc(N)cc(N)c1)S(=O)(=O)O. The van der Waals surface area contributed by atoms with E-state index in [0.29, 0.717) is 29.8 Å². The van der Waals surface area contributed by atoms with E-state index in [9.17, 15) is 8.42 Å². The number of hydrogen-bond donors (Lipinski definition) is 3. The first kappa shape index (κ1) is 12.8. The molecule has 1 aromatic rings. The Balaban J connectivity index is 3.21. The topological polar surface area (TPSA) is 106 Å². The number of nitrogen functional groups attached to an aromatic ring is 2. The number of benzene rings is 1. The number of nitrogens with two attached hydrogens (primary N) is 2. The molecule has 1 rings (SSSR count). The molecule has 0 bridgehead atoms. The van der Waals surface area contributed by atoms with E-state index in [2.05, 4.69) is 0 Å². The lowest BCUT2D eigenvalue weighted by molar-refractivity contribution is 0.463. The van der Waals surface area contributed by atoms with Gasteiger partial charge < -0.3 is 11.5 Å². The Kier molecular flexibility index (Phi) is 3.77. The molecule has 0 aliphatic rings. The molecule has 0 amide bonds. The molecule has 0 saturated heterocycles. The van der Waals surface area contributed by atoms with E-state index < -0.39 is 15.4 Å². The second-order valence-electron chi connectivity index (χ2n) is 3.73. The Hall–Kier alpha value is -1.27. The molecule has 0 aliphatic heterocycles. The fourth-order valence-electron chi connectivity index (χ4n) is 1.64. The molecule has 90 valence electrons. The molecule has 5 nitrogen and oxygen atoms in total. The molecule has 1 unspecified atom stereocenters. The fourth-order valence-corrected chi connectivity index (χ4v) is 2.65. The monoisotopic (exact) mass is 244 g/mol. The van der Waals surface area contributed by atoms with Crippen molar-refractivity contribution in [3.63, 3.8) is 0 Å². The number of rotatable bonds is 4. The van der Waals surface area contributed by atoms with Crippen molar-refractivity contribution in [1.82, 2.24) is 0 Å². The zero-order valence-corrected chi connectivity index (χ0v) is 9.87. The highest BCUT2D eigenvalue weighted by Crippen LogP contribution is 2.29. The van der Waals surface area contributed by atoms with Crippen LogP contribution in [-0.4, -0.2) is 13.0 Å². The van der Waals surface area contributed by atoms with E-state index in [-0.39, 0.29) is 0 Å². The van der Waals surface area contributed by atoms with Gasteiger partial charge in [0, 0.05) is 11.4 Å². The summed E-state index contributed by atoms with van der Waals surface area (Å²) in [5, 5.41) is -0.955. The molecule has 0 spiro atoms. The molecule has 0 radical (unpaired) electrons. The normalized spacial score (nSPS) is 13.6. The van der Waals surface area contributed by atoms with Crippen LogP contribution >= 0.6 is 0 Å². The highest BCUT2D eigenvalue weighted by molar-refractivity contribution is 7.86. The van der Waals surface area contributed by atoms with Gasteiger partial charge in [0.15, 0.2) is 0 Å². The lowest BCUT2D eigenvalue weighted by atomic mass is 10.1.